The van der Waals surface area contributed by atoms with Crippen LogP contribution in [0.4, 0.5) is 0 Å². The second kappa shape index (κ2) is 16.1. The van der Waals surface area contributed by atoms with Gasteiger partial charge in [0.2, 0.25) is 34.7 Å². The van der Waals surface area contributed by atoms with Crippen molar-refractivity contribution in [2.75, 3.05) is 5.75 Å². The largest absolute Gasteiger partial charge is 0.344 e. The van der Waals surface area contributed by atoms with Crippen LogP contribution in [0.1, 0.15) is 59.9 Å². The summed E-state index contributed by atoms with van der Waals surface area (Å²) in [4.78, 5) is 78.2. The van der Waals surface area contributed by atoms with Crippen molar-refractivity contribution in [3.8, 4) is 0 Å². The first-order valence-corrected chi connectivity index (χ1v) is 14.9. The van der Waals surface area contributed by atoms with Gasteiger partial charge >= 0.3 is 0 Å². The van der Waals surface area contributed by atoms with Crippen LogP contribution in [-0.2, 0) is 35.2 Å². The van der Waals surface area contributed by atoms with Gasteiger partial charge < -0.3 is 26.6 Å². The highest BCUT2D eigenvalue weighted by atomic mass is 32.2. The molecule has 1 aliphatic heterocycles. The molecule has 0 radical (unpaired) electrons. The zero-order valence-corrected chi connectivity index (χ0v) is 25.4. The number of amides is 5. The van der Waals surface area contributed by atoms with Crippen LogP contribution in [0.15, 0.2) is 30.3 Å². The minimum Gasteiger partial charge on any atom is -0.344 e. The Kier molecular flexibility index (Phi) is 13.3. The van der Waals surface area contributed by atoms with Crippen LogP contribution < -0.4 is 26.6 Å². The highest BCUT2D eigenvalue weighted by molar-refractivity contribution is 8.13. The molecule has 226 valence electrons. The van der Waals surface area contributed by atoms with Crippen molar-refractivity contribution in [2.24, 2.45) is 11.8 Å². The van der Waals surface area contributed by atoms with Gasteiger partial charge in [0.15, 0.2) is 0 Å². The number of carbonyl (C=O) groups excluding carboxylic acids is 6. The maximum absolute atomic E-state index is 13.5. The van der Waals surface area contributed by atoms with E-state index in [0.717, 1.165) is 17.3 Å². The lowest BCUT2D eigenvalue weighted by atomic mass is 9.99. The van der Waals surface area contributed by atoms with Crippen LogP contribution in [0.3, 0.4) is 0 Å². The van der Waals surface area contributed by atoms with Crippen LogP contribution in [0.25, 0.3) is 0 Å². The molecule has 41 heavy (non-hydrogen) atoms. The van der Waals surface area contributed by atoms with Crippen molar-refractivity contribution in [1.82, 2.24) is 26.6 Å². The molecule has 1 saturated heterocycles. The fourth-order valence-electron chi connectivity index (χ4n) is 4.36. The zero-order valence-electron chi connectivity index (χ0n) is 24.6. The van der Waals surface area contributed by atoms with E-state index in [-0.39, 0.29) is 24.0 Å². The number of thioether (sulfide) groups is 1. The van der Waals surface area contributed by atoms with Gasteiger partial charge in [-0.05, 0) is 37.2 Å². The monoisotopic (exact) mass is 589 g/mol. The molecular formula is C29H43N5O6S. The normalized spacial score (nSPS) is 25.3. The summed E-state index contributed by atoms with van der Waals surface area (Å²) in [5.74, 6) is -2.81. The Morgan fingerprint density at radius 3 is 1.83 bits per heavy atom. The third-order valence-electron chi connectivity index (χ3n) is 6.40. The molecule has 1 aromatic rings. The lowest BCUT2D eigenvalue weighted by Gasteiger charge is -2.28. The van der Waals surface area contributed by atoms with E-state index < -0.39 is 64.9 Å². The van der Waals surface area contributed by atoms with E-state index >= 15 is 0 Å². The maximum atomic E-state index is 13.5. The van der Waals surface area contributed by atoms with Gasteiger partial charge in [0.1, 0.15) is 30.2 Å². The fourth-order valence-corrected chi connectivity index (χ4v) is 5.27. The van der Waals surface area contributed by atoms with Crippen molar-refractivity contribution in [3.05, 3.63) is 35.9 Å². The van der Waals surface area contributed by atoms with E-state index in [9.17, 15) is 28.8 Å². The molecule has 1 fully saturated rings. The summed E-state index contributed by atoms with van der Waals surface area (Å²) in [5, 5.41) is 13.0. The lowest BCUT2D eigenvalue weighted by molar-refractivity contribution is -0.134. The average molecular weight is 590 g/mol. The van der Waals surface area contributed by atoms with Crippen molar-refractivity contribution in [3.63, 3.8) is 0 Å². The Hall–Kier alpha value is -3.41. The molecule has 0 bridgehead atoms. The standard InChI is InChI=1S/C29H43N5O6S/c1-16(2)12-21-26(37)33-22(13-17(3)4)27(38)34-23(14-20-10-8-7-9-11-20)29(40)41-15-24(31-19(6)35)28(39)30-18(5)25(36)32-21/h7-11,16-18,21-24H,12-15H2,1-6H3,(H,30,39)(H,31,35)(H,32,36)(H,33,37)(H,34,38)/t18-,21-,22-,23-,24-/m1/s1. The molecule has 1 aromatic carbocycles. The van der Waals surface area contributed by atoms with Crippen molar-refractivity contribution in [2.45, 2.75) is 91.0 Å². The molecular weight excluding hydrogens is 546 g/mol. The highest BCUT2D eigenvalue weighted by Gasteiger charge is 2.33. The third kappa shape index (κ3) is 11.5. The molecule has 11 nitrogen and oxygen atoms in total. The van der Waals surface area contributed by atoms with Crippen molar-refractivity contribution < 1.29 is 28.8 Å². The second-order valence-corrected chi connectivity index (χ2v) is 12.3. The van der Waals surface area contributed by atoms with E-state index in [1.54, 1.807) is 0 Å². The molecule has 1 aliphatic rings. The Morgan fingerprint density at radius 2 is 1.32 bits per heavy atom. The Morgan fingerprint density at radius 1 is 0.805 bits per heavy atom. The molecule has 0 aliphatic carbocycles. The Balaban J connectivity index is 2.48. The minimum absolute atomic E-state index is 0.0352. The average Bonchev–Trinajstić information content (AvgIpc) is 2.88. The first-order chi connectivity index (χ1) is 19.3. The second-order valence-electron chi connectivity index (χ2n) is 11.2. The van der Waals surface area contributed by atoms with Crippen molar-refractivity contribution >= 4 is 46.4 Å². The molecule has 0 saturated carbocycles. The fraction of sp³-hybridized carbons (Fsp3) is 0.586. The third-order valence-corrected chi connectivity index (χ3v) is 7.47. The SMILES string of the molecule is CC(=O)N[C@@H]1CSC(=O)[C@@H](Cc2ccccc2)NC(=O)[C@@H](CC(C)C)NC(=O)[C@@H](CC(C)C)NC(=O)[C@@H](C)NC1=O. The van der Waals surface area contributed by atoms with E-state index in [1.165, 1.54) is 13.8 Å². The van der Waals surface area contributed by atoms with Gasteiger partial charge in [0.05, 0.1) is 0 Å². The summed E-state index contributed by atoms with van der Waals surface area (Å²) in [7, 11) is 0. The van der Waals surface area contributed by atoms with E-state index in [0.29, 0.717) is 12.8 Å². The van der Waals surface area contributed by atoms with Gasteiger partial charge in [-0.15, -0.1) is 0 Å². The summed E-state index contributed by atoms with van der Waals surface area (Å²) < 4.78 is 0. The lowest BCUT2D eigenvalue weighted by Crippen LogP contribution is -2.59. The number of hydrogen-bond donors (Lipinski definition) is 5. The minimum atomic E-state index is -1.11. The smallest absolute Gasteiger partial charge is 0.244 e. The van der Waals surface area contributed by atoms with Crippen LogP contribution in [0.5, 0.6) is 0 Å². The van der Waals surface area contributed by atoms with Crippen LogP contribution in [0.2, 0.25) is 0 Å². The molecule has 5 amide bonds. The van der Waals surface area contributed by atoms with E-state index in [4.69, 9.17) is 0 Å². The number of nitrogens with one attached hydrogen (secondary N) is 5. The molecule has 12 heteroatoms. The highest BCUT2D eigenvalue weighted by Crippen LogP contribution is 2.15. The summed E-state index contributed by atoms with van der Waals surface area (Å²) in [6.45, 7) is 10.3. The van der Waals surface area contributed by atoms with Crippen molar-refractivity contribution in [1.29, 1.82) is 0 Å². The first kappa shape index (κ1) is 33.8. The predicted octanol–water partition coefficient (Wildman–Crippen LogP) is 1.06. The molecule has 5 N–H and O–H groups in total. The van der Waals surface area contributed by atoms with E-state index in [1.807, 2.05) is 58.0 Å². The molecule has 0 unspecified atom stereocenters. The molecule has 2 rings (SSSR count). The Bertz CT molecular complexity index is 1100. The molecule has 0 aromatic heterocycles. The first-order valence-electron chi connectivity index (χ1n) is 14.0. The molecule has 0 spiro atoms. The van der Waals surface area contributed by atoms with Crippen LogP contribution >= 0.6 is 11.8 Å². The van der Waals surface area contributed by atoms with Crippen LogP contribution in [0, 0.1) is 11.8 Å². The van der Waals surface area contributed by atoms with Gasteiger partial charge in [-0.1, -0.05) is 69.8 Å². The van der Waals surface area contributed by atoms with Gasteiger partial charge in [-0.3, -0.25) is 28.8 Å². The quantitative estimate of drug-likeness (QED) is 0.318. The van der Waals surface area contributed by atoms with Gasteiger partial charge in [-0.25, -0.2) is 0 Å². The maximum Gasteiger partial charge on any atom is 0.244 e. The molecule has 1 heterocycles. The zero-order chi connectivity index (χ0) is 30.7. The topological polar surface area (TPSA) is 163 Å². The Labute approximate surface area is 246 Å². The summed E-state index contributed by atoms with van der Waals surface area (Å²) in [6.07, 6.45) is 0.811. The summed E-state index contributed by atoms with van der Waals surface area (Å²) >= 11 is 0.803. The number of benzene rings is 1. The number of rotatable bonds is 7. The van der Waals surface area contributed by atoms with Gasteiger partial charge in [0, 0.05) is 19.1 Å². The van der Waals surface area contributed by atoms with Gasteiger partial charge in [0.25, 0.3) is 0 Å². The number of carbonyl (C=O) groups is 6. The molecule has 5 atom stereocenters. The van der Waals surface area contributed by atoms with E-state index in [2.05, 4.69) is 26.6 Å². The predicted molar refractivity (Wildman–Crippen MR) is 158 cm³/mol. The number of hydrogen-bond acceptors (Lipinski definition) is 7. The van der Waals surface area contributed by atoms with Gasteiger partial charge in [-0.2, -0.15) is 0 Å². The summed E-state index contributed by atoms with van der Waals surface area (Å²) in [5.41, 5.74) is 0.815. The van der Waals surface area contributed by atoms with Crippen LogP contribution in [-0.4, -0.2) is 70.6 Å². The summed E-state index contributed by atoms with van der Waals surface area (Å²) in [6, 6.07) is 4.17.